The Morgan fingerprint density at radius 2 is 2.29 bits per heavy atom. The Kier molecular flexibility index (Phi) is 3.86. The van der Waals surface area contributed by atoms with E-state index in [1.807, 2.05) is 6.92 Å². The first-order valence-electron chi connectivity index (χ1n) is 5.28. The fraction of sp³-hybridized carbons (Fsp3) is 0.273. The maximum absolute atomic E-state index is 13.1. The van der Waals surface area contributed by atoms with Gasteiger partial charge in [-0.15, -0.1) is 5.10 Å². The molecule has 0 aliphatic carbocycles. The number of rotatable bonds is 4. The van der Waals surface area contributed by atoms with E-state index in [2.05, 4.69) is 31.6 Å². The van der Waals surface area contributed by atoms with E-state index in [1.54, 1.807) is 23.0 Å². The summed E-state index contributed by atoms with van der Waals surface area (Å²) < 4.78 is 15.2. The highest BCUT2D eigenvalue weighted by atomic mass is 79.9. The predicted molar refractivity (Wildman–Crippen MR) is 66.4 cm³/mol. The third-order valence-electron chi connectivity index (χ3n) is 2.32. The summed E-state index contributed by atoms with van der Waals surface area (Å²) in [7, 11) is 0. The van der Waals surface area contributed by atoms with Crippen LogP contribution in [0.4, 0.5) is 4.39 Å². The van der Waals surface area contributed by atoms with Crippen LogP contribution in [-0.2, 0) is 6.54 Å². The van der Waals surface area contributed by atoms with Crippen molar-refractivity contribution in [3.63, 3.8) is 0 Å². The molecular weight excluding hydrogens is 287 g/mol. The topological polar surface area (TPSA) is 42.7 Å². The summed E-state index contributed by atoms with van der Waals surface area (Å²) in [6, 6.07) is 4.75. The number of aromatic nitrogens is 3. The van der Waals surface area contributed by atoms with Crippen molar-refractivity contribution in [1.29, 1.82) is 0 Å². The fourth-order valence-electron chi connectivity index (χ4n) is 1.46. The van der Waals surface area contributed by atoms with Crippen LogP contribution in [0.2, 0.25) is 0 Å². The first-order chi connectivity index (χ1) is 8.22. The number of nitrogens with one attached hydrogen (secondary N) is 1. The first kappa shape index (κ1) is 12.2. The van der Waals surface area contributed by atoms with E-state index in [9.17, 15) is 4.39 Å². The highest BCUT2D eigenvalue weighted by Crippen LogP contribution is 2.19. The van der Waals surface area contributed by atoms with Crippen molar-refractivity contribution in [2.24, 2.45) is 0 Å². The predicted octanol–water partition coefficient (Wildman–Crippen LogP) is 2.28. The van der Waals surface area contributed by atoms with E-state index in [4.69, 9.17) is 0 Å². The second-order valence-corrected chi connectivity index (χ2v) is 4.37. The van der Waals surface area contributed by atoms with Gasteiger partial charge in [-0.25, -0.2) is 9.07 Å². The molecule has 0 saturated heterocycles. The van der Waals surface area contributed by atoms with Gasteiger partial charge in [0.25, 0.3) is 0 Å². The first-order valence-corrected chi connectivity index (χ1v) is 6.07. The lowest BCUT2D eigenvalue weighted by Crippen LogP contribution is -2.15. The van der Waals surface area contributed by atoms with Gasteiger partial charge in [-0.05, 0) is 40.7 Å². The summed E-state index contributed by atoms with van der Waals surface area (Å²) in [5.74, 6) is -0.290. The van der Waals surface area contributed by atoms with Crippen LogP contribution < -0.4 is 5.32 Å². The van der Waals surface area contributed by atoms with E-state index < -0.39 is 0 Å². The number of hydrogen-bond acceptors (Lipinski definition) is 3. The summed E-state index contributed by atoms with van der Waals surface area (Å²) in [6.45, 7) is 3.58. The molecule has 4 nitrogen and oxygen atoms in total. The normalized spacial score (nSPS) is 10.8. The van der Waals surface area contributed by atoms with Crippen LogP contribution in [0.1, 0.15) is 12.6 Å². The zero-order valence-electron chi connectivity index (χ0n) is 9.32. The largest absolute Gasteiger partial charge is 0.311 e. The zero-order valence-corrected chi connectivity index (χ0v) is 10.9. The Bertz CT molecular complexity index is 512. The molecule has 0 amide bonds. The van der Waals surface area contributed by atoms with E-state index in [-0.39, 0.29) is 5.82 Å². The van der Waals surface area contributed by atoms with Crippen LogP contribution in [-0.4, -0.2) is 21.5 Å². The molecule has 1 heterocycles. The smallest absolute Gasteiger partial charge is 0.137 e. The molecule has 0 spiro atoms. The number of halogens is 2. The number of hydrogen-bond donors (Lipinski definition) is 1. The molecule has 2 aromatic rings. The van der Waals surface area contributed by atoms with Gasteiger partial charge in [0.15, 0.2) is 0 Å². The second-order valence-electron chi connectivity index (χ2n) is 3.52. The SMILES string of the molecule is CCNCc1cnnn1-c1ccc(F)c(Br)c1. The van der Waals surface area contributed by atoms with Crippen LogP contribution in [0.5, 0.6) is 0 Å². The number of benzene rings is 1. The van der Waals surface area contributed by atoms with Crippen LogP contribution in [0, 0.1) is 5.82 Å². The molecule has 0 aliphatic rings. The average Bonchev–Trinajstić information content (AvgIpc) is 2.78. The van der Waals surface area contributed by atoms with Gasteiger partial charge in [0.1, 0.15) is 5.82 Å². The highest BCUT2D eigenvalue weighted by Gasteiger charge is 2.07. The van der Waals surface area contributed by atoms with Crippen LogP contribution in [0.3, 0.4) is 0 Å². The molecule has 1 N–H and O–H groups in total. The van der Waals surface area contributed by atoms with Crippen molar-refractivity contribution in [3.8, 4) is 5.69 Å². The third-order valence-corrected chi connectivity index (χ3v) is 2.93. The molecule has 0 aliphatic heterocycles. The summed E-state index contributed by atoms with van der Waals surface area (Å²) in [5, 5.41) is 11.1. The molecule has 0 atom stereocenters. The van der Waals surface area contributed by atoms with Crippen molar-refractivity contribution in [3.05, 3.63) is 40.4 Å². The molecule has 1 aromatic heterocycles. The summed E-state index contributed by atoms with van der Waals surface area (Å²) in [6.07, 6.45) is 1.69. The number of nitrogens with zero attached hydrogens (tertiary/aromatic N) is 3. The summed E-state index contributed by atoms with van der Waals surface area (Å²) >= 11 is 3.16. The molecule has 1 aromatic carbocycles. The quantitative estimate of drug-likeness (QED) is 0.942. The maximum atomic E-state index is 13.1. The maximum Gasteiger partial charge on any atom is 0.137 e. The monoisotopic (exact) mass is 298 g/mol. The van der Waals surface area contributed by atoms with Gasteiger partial charge in [0.05, 0.1) is 22.1 Å². The molecule has 0 unspecified atom stereocenters. The fourth-order valence-corrected chi connectivity index (χ4v) is 1.83. The van der Waals surface area contributed by atoms with E-state index in [1.165, 1.54) is 6.07 Å². The summed E-state index contributed by atoms with van der Waals surface area (Å²) in [5.41, 5.74) is 1.72. The highest BCUT2D eigenvalue weighted by molar-refractivity contribution is 9.10. The van der Waals surface area contributed by atoms with Crippen molar-refractivity contribution in [1.82, 2.24) is 20.3 Å². The molecule has 0 radical (unpaired) electrons. The van der Waals surface area contributed by atoms with Gasteiger partial charge in [0.2, 0.25) is 0 Å². The van der Waals surface area contributed by atoms with Gasteiger partial charge < -0.3 is 5.32 Å². The van der Waals surface area contributed by atoms with Crippen molar-refractivity contribution >= 4 is 15.9 Å². The van der Waals surface area contributed by atoms with Gasteiger partial charge in [-0.1, -0.05) is 12.1 Å². The molecule has 0 saturated carbocycles. The molecule has 6 heteroatoms. The Balaban J connectivity index is 2.32. The standard InChI is InChI=1S/C11H12BrFN4/c1-2-14-6-9-7-15-16-17(9)8-3-4-11(13)10(12)5-8/h3-5,7,14H,2,6H2,1H3. The summed E-state index contributed by atoms with van der Waals surface area (Å²) in [4.78, 5) is 0. The Morgan fingerprint density at radius 3 is 3.00 bits per heavy atom. The lowest BCUT2D eigenvalue weighted by molar-refractivity contribution is 0.618. The van der Waals surface area contributed by atoms with E-state index in [0.29, 0.717) is 11.0 Å². The lowest BCUT2D eigenvalue weighted by Gasteiger charge is -2.07. The molecule has 0 fully saturated rings. The Hall–Kier alpha value is -1.27. The zero-order chi connectivity index (χ0) is 12.3. The van der Waals surface area contributed by atoms with Crippen LogP contribution in [0.15, 0.2) is 28.9 Å². The Morgan fingerprint density at radius 1 is 1.47 bits per heavy atom. The minimum atomic E-state index is -0.290. The molecule has 90 valence electrons. The average molecular weight is 299 g/mol. The minimum absolute atomic E-state index is 0.290. The second kappa shape index (κ2) is 5.37. The van der Waals surface area contributed by atoms with Crippen molar-refractivity contribution < 1.29 is 4.39 Å². The van der Waals surface area contributed by atoms with Crippen LogP contribution in [0.25, 0.3) is 5.69 Å². The minimum Gasteiger partial charge on any atom is -0.311 e. The molecule has 2 rings (SSSR count). The van der Waals surface area contributed by atoms with E-state index in [0.717, 1.165) is 17.9 Å². The Labute approximate surface area is 107 Å². The van der Waals surface area contributed by atoms with Gasteiger partial charge in [-0.2, -0.15) is 0 Å². The lowest BCUT2D eigenvalue weighted by atomic mass is 10.3. The van der Waals surface area contributed by atoms with Gasteiger partial charge >= 0.3 is 0 Å². The molecule has 0 bridgehead atoms. The molecular formula is C11H12BrFN4. The van der Waals surface area contributed by atoms with Gasteiger partial charge in [0, 0.05) is 6.54 Å². The van der Waals surface area contributed by atoms with Crippen molar-refractivity contribution in [2.75, 3.05) is 6.54 Å². The molecule has 17 heavy (non-hydrogen) atoms. The third kappa shape index (κ3) is 2.70. The van der Waals surface area contributed by atoms with Crippen LogP contribution >= 0.6 is 15.9 Å². The van der Waals surface area contributed by atoms with Gasteiger partial charge in [-0.3, -0.25) is 0 Å². The van der Waals surface area contributed by atoms with Crippen molar-refractivity contribution in [2.45, 2.75) is 13.5 Å². The van der Waals surface area contributed by atoms with E-state index >= 15 is 0 Å².